The quantitative estimate of drug-likeness (QED) is 0.433. The first-order valence-corrected chi connectivity index (χ1v) is 3.51. The van der Waals surface area contributed by atoms with Crippen LogP contribution < -0.4 is 0 Å². The molecular formula is C7H10O7. The third kappa shape index (κ3) is 1.41. The first kappa shape index (κ1) is 12.4. The molecule has 0 radical (unpaired) electrons. The number of aliphatic carboxylic acids is 3. The summed E-state index contributed by atoms with van der Waals surface area (Å²) in [6.07, 6.45) is 0. The molecule has 0 spiro atoms. The summed E-state index contributed by atoms with van der Waals surface area (Å²) in [5.41, 5.74) is -5.68. The predicted octanol–water partition coefficient (Wildman–Crippen LogP) is -1.00. The Kier molecular flexibility index (Phi) is 2.88. The van der Waals surface area contributed by atoms with Crippen molar-refractivity contribution >= 4 is 17.9 Å². The van der Waals surface area contributed by atoms with E-state index < -0.39 is 28.9 Å². The van der Waals surface area contributed by atoms with Crippen molar-refractivity contribution in [2.45, 2.75) is 19.4 Å². The summed E-state index contributed by atoms with van der Waals surface area (Å²) in [5.74, 6) is -5.94. The van der Waals surface area contributed by atoms with Crippen LogP contribution in [-0.2, 0) is 14.4 Å². The SMILES string of the molecule is CC(C)(C(=O)O)C(O)(C(=O)O)C(=O)O. The summed E-state index contributed by atoms with van der Waals surface area (Å²) in [6.45, 7) is 1.63. The van der Waals surface area contributed by atoms with Crippen molar-refractivity contribution < 1.29 is 34.8 Å². The Morgan fingerprint density at radius 2 is 1.14 bits per heavy atom. The van der Waals surface area contributed by atoms with Crippen molar-refractivity contribution in [1.82, 2.24) is 0 Å². The molecule has 0 aromatic heterocycles. The van der Waals surface area contributed by atoms with Crippen molar-refractivity contribution in [1.29, 1.82) is 0 Å². The molecule has 0 bridgehead atoms. The molecule has 7 nitrogen and oxygen atoms in total. The molecule has 0 aromatic carbocycles. The van der Waals surface area contributed by atoms with Gasteiger partial charge in [-0.1, -0.05) is 0 Å². The molecule has 0 aliphatic heterocycles. The Bertz CT molecular complexity index is 276. The number of carboxylic acid groups (broad SMARTS) is 3. The molecule has 0 heterocycles. The highest BCUT2D eigenvalue weighted by atomic mass is 16.5. The van der Waals surface area contributed by atoms with E-state index in [0.717, 1.165) is 13.8 Å². The highest BCUT2D eigenvalue weighted by molar-refractivity contribution is 6.06. The lowest BCUT2D eigenvalue weighted by molar-refractivity contribution is -0.197. The van der Waals surface area contributed by atoms with Gasteiger partial charge in [0.1, 0.15) is 5.41 Å². The van der Waals surface area contributed by atoms with Crippen LogP contribution in [0.5, 0.6) is 0 Å². The monoisotopic (exact) mass is 206 g/mol. The predicted molar refractivity (Wildman–Crippen MR) is 41.6 cm³/mol. The topological polar surface area (TPSA) is 132 Å². The second kappa shape index (κ2) is 3.26. The molecule has 0 aliphatic carbocycles. The van der Waals surface area contributed by atoms with Crippen LogP contribution in [0, 0.1) is 5.41 Å². The molecule has 0 amide bonds. The molecule has 0 aliphatic rings. The van der Waals surface area contributed by atoms with Gasteiger partial charge in [0.15, 0.2) is 0 Å². The largest absolute Gasteiger partial charge is 0.481 e. The van der Waals surface area contributed by atoms with Gasteiger partial charge in [0.05, 0.1) is 0 Å². The number of carboxylic acids is 3. The normalized spacial score (nSPS) is 12.2. The van der Waals surface area contributed by atoms with Crippen molar-refractivity contribution in [2.75, 3.05) is 0 Å². The van der Waals surface area contributed by atoms with Gasteiger partial charge >= 0.3 is 17.9 Å². The number of rotatable bonds is 4. The van der Waals surface area contributed by atoms with E-state index in [1.54, 1.807) is 0 Å². The number of aliphatic hydroxyl groups is 1. The fourth-order valence-electron chi connectivity index (χ4n) is 0.781. The molecule has 80 valence electrons. The molecule has 0 fully saturated rings. The molecule has 14 heavy (non-hydrogen) atoms. The number of hydrogen-bond acceptors (Lipinski definition) is 4. The Labute approximate surface area is 78.6 Å². The Morgan fingerprint density at radius 1 is 0.857 bits per heavy atom. The van der Waals surface area contributed by atoms with Gasteiger partial charge in [-0.25, -0.2) is 9.59 Å². The van der Waals surface area contributed by atoms with Crippen LogP contribution in [0.3, 0.4) is 0 Å². The molecule has 0 unspecified atom stereocenters. The molecule has 7 heteroatoms. The highest BCUT2D eigenvalue weighted by Crippen LogP contribution is 2.32. The van der Waals surface area contributed by atoms with E-state index in [-0.39, 0.29) is 0 Å². The molecule has 0 atom stereocenters. The maximum absolute atomic E-state index is 10.6. The lowest BCUT2D eigenvalue weighted by Gasteiger charge is -2.31. The summed E-state index contributed by atoms with van der Waals surface area (Å²) in [4.78, 5) is 31.6. The highest BCUT2D eigenvalue weighted by Gasteiger charge is 2.61. The van der Waals surface area contributed by atoms with Gasteiger partial charge in [0.25, 0.3) is 5.60 Å². The van der Waals surface area contributed by atoms with E-state index in [1.807, 2.05) is 0 Å². The third-order valence-corrected chi connectivity index (χ3v) is 2.06. The molecular weight excluding hydrogens is 196 g/mol. The van der Waals surface area contributed by atoms with E-state index in [0.29, 0.717) is 0 Å². The first-order chi connectivity index (χ1) is 6.08. The third-order valence-electron chi connectivity index (χ3n) is 2.06. The molecule has 4 N–H and O–H groups in total. The van der Waals surface area contributed by atoms with E-state index in [2.05, 4.69) is 0 Å². The van der Waals surface area contributed by atoms with Crippen LogP contribution in [0.15, 0.2) is 0 Å². The Morgan fingerprint density at radius 3 is 1.21 bits per heavy atom. The minimum absolute atomic E-state index is 0.817. The fraction of sp³-hybridized carbons (Fsp3) is 0.571. The van der Waals surface area contributed by atoms with Crippen molar-refractivity contribution in [3.05, 3.63) is 0 Å². The van der Waals surface area contributed by atoms with E-state index in [9.17, 15) is 19.5 Å². The molecule has 0 saturated heterocycles. The average Bonchev–Trinajstić information content (AvgIpc) is 2.01. The summed E-state index contributed by atoms with van der Waals surface area (Å²) in [6, 6.07) is 0. The van der Waals surface area contributed by atoms with Gasteiger partial charge in [-0.3, -0.25) is 4.79 Å². The summed E-state index contributed by atoms with van der Waals surface area (Å²) < 4.78 is 0. The Hall–Kier alpha value is -1.63. The molecule has 0 rings (SSSR count). The van der Waals surface area contributed by atoms with Crippen molar-refractivity contribution in [3.8, 4) is 0 Å². The zero-order valence-electron chi connectivity index (χ0n) is 7.51. The zero-order valence-corrected chi connectivity index (χ0v) is 7.51. The van der Waals surface area contributed by atoms with Crippen LogP contribution >= 0.6 is 0 Å². The van der Waals surface area contributed by atoms with E-state index in [4.69, 9.17) is 15.3 Å². The van der Waals surface area contributed by atoms with Gasteiger partial charge in [-0.15, -0.1) is 0 Å². The fourth-order valence-corrected chi connectivity index (χ4v) is 0.781. The van der Waals surface area contributed by atoms with Crippen LogP contribution in [-0.4, -0.2) is 43.9 Å². The van der Waals surface area contributed by atoms with Crippen molar-refractivity contribution in [2.24, 2.45) is 5.41 Å². The maximum atomic E-state index is 10.6. The van der Waals surface area contributed by atoms with Gasteiger partial charge in [0.2, 0.25) is 0 Å². The minimum atomic E-state index is -3.35. The van der Waals surface area contributed by atoms with Gasteiger partial charge < -0.3 is 20.4 Å². The second-order valence-corrected chi connectivity index (χ2v) is 3.25. The van der Waals surface area contributed by atoms with Crippen LogP contribution in [0.25, 0.3) is 0 Å². The second-order valence-electron chi connectivity index (χ2n) is 3.25. The summed E-state index contributed by atoms with van der Waals surface area (Å²) in [5, 5.41) is 34.9. The lowest BCUT2D eigenvalue weighted by atomic mass is 9.75. The van der Waals surface area contributed by atoms with Crippen molar-refractivity contribution in [3.63, 3.8) is 0 Å². The molecule has 0 saturated carbocycles. The minimum Gasteiger partial charge on any atom is -0.481 e. The zero-order chi connectivity index (χ0) is 11.7. The van der Waals surface area contributed by atoms with E-state index >= 15 is 0 Å². The van der Waals surface area contributed by atoms with Crippen LogP contribution in [0.2, 0.25) is 0 Å². The van der Waals surface area contributed by atoms with Gasteiger partial charge in [-0.2, -0.15) is 0 Å². The van der Waals surface area contributed by atoms with Crippen LogP contribution in [0.4, 0.5) is 0 Å². The Balaban J connectivity index is 5.55. The van der Waals surface area contributed by atoms with Gasteiger partial charge in [0, 0.05) is 0 Å². The van der Waals surface area contributed by atoms with Crippen LogP contribution in [0.1, 0.15) is 13.8 Å². The number of carbonyl (C=O) groups is 3. The first-order valence-electron chi connectivity index (χ1n) is 3.51. The smallest absolute Gasteiger partial charge is 0.348 e. The number of hydrogen-bond donors (Lipinski definition) is 4. The van der Waals surface area contributed by atoms with Gasteiger partial charge in [-0.05, 0) is 13.8 Å². The maximum Gasteiger partial charge on any atom is 0.348 e. The molecule has 0 aromatic rings. The average molecular weight is 206 g/mol. The summed E-state index contributed by atoms with van der Waals surface area (Å²) >= 11 is 0. The standard InChI is InChI=1S/C7H10O7/c1-6(2,3(8)9)7(14,4(10)11)5(12)13/h14H,1-2H3,(H,8,9)(H,10,11)(H,12,13). The van der Waals surface area contributed by atoms with E-state index in [1.165, 1.54) is 0 Å². The lowest BCUT2D eigenvalue weighted by Crippen LogP contribution is -2.60. The summed E-state index contributed by atoms with van der Waals surface area (Å²) in [7, 11) is 0.